The smallest absolute Gasteiger partial charge is 0.193 e. The maximum Gasteiger partial charge on any atom is 0.193 e. The first kappa shape index (κ1) is 29.1. The lowest BCUT2D eigenvalue weighted by Gasteiger charge is -2.39. The molecule has 0 radical (unpaired) electrons. The van der Waals surface area contributed by atoms with E-state index in [4.69, 9.17) is 8.84 Å². The summed E-state index contributed by atoms with van der Waals surface area (Å²) in [7, 11) is -4.41. The van der Waals surface area contributed by atoms with Crippen molar-refractivity contribution in [2.45, 2.75) is 58.4 Å². The number of hydrogen-bond donors (Lipinski definition) is 0. The predicted octanol–water partition coefficient (Wildman–Crippen LogP) is 8.07. The van der Waals surface area contributed by atoms with Crippen molar-refractivity contribution in [2.75, 3.05) is 6.16 Å². The lowest BCUT2D eigenvalue weighted by atomic mass is 10.2. The Morgan fingerprint density at radius 2 is 1.36 bits per heavy atom. The maximum absolute atomic E-state index is 16.2. The average molecular weight is 561 g/mol. The second-order valence-electron chi connectivity index (χ2n) is 11.5. The van der Waals surface area contributed by atoms with Crippen molar-refractivity contribution in [1.29, 1.82) is 0 Å². The summed E-state index contributed by atoms with van der Waals surface area (Å²) in [5.74, 6) is 0.207. The van der Waals surface area contributed by atoms with Gasteiger partial charge in [0.1, 0.15) is 47.1 Å². The average Bonchev–Trinajstić information content (AvgIpc) is 3.33. The summed E-state index contributed by atoms with van der Waals surface area (Å²) < 4.78 is 28.3. The van der Waals surface area contributed by atoms with Gasteiger partial charge in [-0.2, -0.15) is 0 Å². The summed E-state index contributed by atoms with van der Waals surface area (Å²) in [4.78, 5) is 4.31. The molecule has 0 aliphatic carbocycles. The number of halogens is 1. The number of aryl methyl sites for hydroxylation is 1. The Morgan fingerprint density at radius 1 is 0.897 bits per heavy atom. The fourth-order valence-electron chi connectivity index (χ4n) is 4.66. The van der Waals surface area contributed by atoms with Gasteiger partial charge in [0.15, 0.2) is 14.2 Å². The minimum Gasteiger partial charge on any atom is -0.449 e. The SMILES string of the molecule is Cc1nc(/C=C(/F)[C@H](CC[P+](c2ccccc2)(c2ccccc2)c2ccccc2)O[Si](C)(C)C(C)(C)C)co1. The predicted molar refractivity (Wildman–Crippen MR) is 167 cm³/mol. The van der Waals surface area contributed by atoms with Gasteiger partial charge in [-0.3, -0.25) is 0 Å². The molecule has 3 aromatic carbocycles. The number of nitrogens with zero attached hydrogens (tertiary/aromatic N) is 1. The zero-order valence-electron chi connectivity index (χ0n) is 23.9. The largest absolute Gasteiger partial charge is 0.449 e. The monoisotopic (exact) mass is 560 g/mol. The minimum absolute atomic E-state index is 0.0550. The molecule has 0 aliphatic rings. The van der Waals surface area contributed by atoms with Gasteiger partial charge in [-0.25, -0.2) is 9.37 Å². The summed E-state index contributed by atoms with van der Waals surface area (Å²) in [5.41, 5.74) is 0.476. The highest BCUT2D eigenvalue weighted by atomic mass is 31.2. The lowest BCUT2D eigenvalue weighted by Crippen LogP contribution is -2.45. The molecule has 0 saturated heterocycles. The third kappa shape index (κ3) is 6.66. The van der Waals surface area contributed by atoms with Crippen LogP contribution in [0.4, 0.5) is 4.39 Å². The van der Waals surface area contributed by atoms with Crippen LogP contribution in [0.5, 0.6) is 0 Å². The van der Waals surface area contributed by atoms with Crippen LogP contribution in [0.15, 0.2) is 108 Å². The van der Waals surface area contributed by atoms with Crippen molar-refractivity contribution in [2.24, 2.45) is 0 Å². The van der Waals surface area contributed by atoms with Gasteiger partial charge in [0.25, 0.3) is 0 Å². The van der Waals surface area contributed by atoms with E-state index in [-0.39, 0.29) is 10.9 Å². The molecule has 0 fully saturated rings. The second-order valence-corrected chi connectivity index (χ2v) is 19.9. The standard InChI is InChI=1S/C33H40FNO2PSi/c1-26-35-27(25-36-26)24-31(34)32(37-39(5,6)33(2,3)4)22-23-38(28-16-10-7-11-17-28,29-18-12-8-13-19-29)30-20-14-9-15-21-30/h7-21,24-25,32H,22-23H2,1-6H3/q+1/b31-24+/t32-/m0/s1. The Balaban J connectivity index is 1.82. The van der Waals surface area contributed by atoms with Crippen molar-refractivity contribution >= 4 is 37.6 Å². The summed E-state index contributed by atoms with van der Waals surface area (Å²) >= 11 is 0. The summed E-state index contributed by atoms with van der Waals surface area (Å²) in [6.07, 6.45) is 3.59. The molecule has 6 heteroatoms. The van der Waals surface area contributed by atoms with Crippen LogP contribution in [0, 0.1) is 6.92 Å². The van der Waals surface area contributed by atoms with Crippen LogP contribution in [0.2, 0.25) is 18.1 Å². The van der Waals surface area contributed by atoms with Crippen LogP contribution in [0.3, 0.4) is 0 Å². The van der Waals surface area contributed by atoms with Gasteiger partial charge in [-0.05, 0) is 54.5 Å². The third-order valence-corrected chi connectivity index (χ3v) is 16.7. The van der Waals surface area contributed by atoms with Crippen LogP contribution in [-0.4, -0.2) is 25.6 Å². The van der Waals surface area contributed by atoms with Gasteiger partial charge in [0.2, 0.25) is 0 Å². The van der Waals surface area contributed by atoms with E-state index in [0.717, 1.165) is 6.16 Å². The number of benzene rings is 3. The fraction of sp³-hybridized carbons (Fsp3) is 0.303. The molecular formula is C33H40FNO2PSi+. The quantitative estimate of drug-likeness (QED) is 0.145. The summed E-state index contributed by atoms with van der Waals surface area (Å²) in [6, 6.07) is 32.1. The molecule has 204 valence electrons. The Bertz CT molecular complexity index is 1270. The topological polar surface area (TPSA) is 35.3 Å². The van der Waals surface area contributed by atoms with Gasteiger partial charge in [-0.15, -0.1) is 0 Å². The molecule has 1 atom stereocenters. The highest BCUT2D eigenvalue weighted by Gasteiger charge is 2.47. The van der Waals surface area contributed by atoms with E-state index >= 15 is 4.39 Å². The molecule has 1 heterocycles. The zero-order valence-corrected chi connectivity index (χ0v) is 25.8. The first-order valence-corrected chi connectivity index (χ1v) is 18.4. The molecule has 1 aromatic heterocycles. The van der Waals surface area contributed by atoms with Gasteiger partial charge in [-0.1, -0.05) is 75.4 Å². The molecule has 0 amide bonds. The third-order valence-electron chi connectivity index (χ3n) is 7.79. The zero-order chi connectivity index (χ0) is 28.1. The highest BCUT2D eigenvalue weighted by Crippen LogP contribution is 2.56. The number of hydrogen-bond acceptors (Lipinski definition) is 3. The molecule has 0 saturated carbocycles. The Hall–Kier alpha value is -2.85. The maximum atomic E-state index is 16.2. The molecular weight excluding hydrogens is 520 g/mol. The van der Waals surface area contributed by atoms with E-state index in [1.54, 1.807) is 6.92 Å². The molecule has 4 aromatic rings. The van der Waals surface area contributed by atoms with Crippen LogP contribution in [-0.2, 0) is 4.43 Å². The van der Waals surface area contributed by atoms with Gasteiger partial charge < -0.3 is 8.84 Å². The van der Waals surface area contributed by atoms with Crippen molar-refractivity contribution in [3.63, 3.8) is 0 Å². The van der Waals surface area contributed by atoms with Crippen LogP contribution in [0.1, 0.15) is 38.8 Å². The first-order chi connectivity index (χ1) is 18.5. The Morgan fingerprint density at radius 3 is 1.74 bits per heavy atom. The molecule has 0 N–H and O–H groups in total. The molecule has 0 unspecified atom stereocenters. The van der Waals surface area contributed by atoms with Crippen molar-refractivity contribution in [1.82, 2.24) is 4.98 Å². The van der Waals surface area contributed by atoms with E-state index in [0.29, 0.717) is 18.0 Å². The van der Waals surface area contributed by atoms with Crippen LogP contribution >= 0.6 is 7.26 Å². The van der Waals surface area contributed by atoms with Crippen LogP contribution in [0.25, 0.3) is 6.08 Å². The Labute approximate surface area is 234 Å². The van der Waals surface area contributed by atoms with Gasteiger partial charge in [0, 0.05) is 19.4 Å². The van der Waals surface area contributed by atoms with E-state index in [9.17, 15) is 0 Å². The minimum atomic E-state index is -2.29. The molecule has 0 aliphatic heterocycles. The number of aromatic nitrogens is 1. The molecule has 0 bridgehead atoms. The lowest BCUT2D eigenvalue weighted by molar-refractivity contribution is 0.186. The first-order valence-electron chi connectivity index (χ1n) is 13.5. The van der Waals surface area contributed by atoms with E-state index in [2.05, 4.69) is 130 Å². The summed E-state index contributed by atoms with van der Waals surface area (Å²) in [5, 5.41) is 3.79. The van der Waals surface area contributed by atoms with Crippen LogP contribution < -0.4 is 15.9 Å². The fourth-order valence-corrected chi connectivity index (χ4v) is 10.3. The van der Waals surface area contributed by atoms with Crippen molar-refractivity contribution < 1.29 is 13.2 Å². The van der Waals surface area contributed by atoms with E-state index < -0.39 is 21.7 Å². The van der Waals surface area contributed by atoms with Crippen molar-refractivity contribution in [3.8, 4) is 0 Å². The molecule has 0 spiro atoms. The normalized spacial score (nSPS) is 13.9. The summed E-state index contributed by atoms with van der Waals surface area (Å²) in [6.45, 7) is 12.7. The Kier molecular flexibility index (Phi) is 9.06. The number of oxazole rings is 1. The molecule has 39 heavy (non-hydrogen) atoms. The van der Waals surface area contributed by atoms with E-state index in [1.165, 1.54) is 28.3 Å². The van der Waals surface area contributed by atoms with Gasteiger partial charge >= 0.3 is 0 Å². The van der Waals surface area contributed by atoms with E-state index in [1.807, 2.05) is 0 Å². The van der Waals surface area contributed by atoms with Gasteiger partial charge in [0.05, 0.1) is 6.16 Å². The van der Waals surface area contributed by atoms with Crippen molar-refractivity contribution in [3.05, 3.63) is 115 Å². The molecule has 3 nitrogen and oxygen atoms in total. The molecule has 4 rings (SSSR count). The number of rotatable bonds is 10. The highest BCUT2D eigenvalue weighted by molar-refractivity contribution is 7.95. The second kappa shape index (κ2) is 12.1.